The Labute approximate surface area is 206 Å². The Morgan fingerprint density at radius 2 is 1.83 bits per heavy atom. The summed E-state index contributed by atoms with van der Waals surface area (Å²) in [5.74, 6) is -0.587. The van der Waals surface area contributed by atoms with Gasteiger partial charge in [-0.1, -0.05) is 66.0 Å². The van der Waals surface area contributed by atoms with E-state index in [1.165, 1.54) is 22.8 Å². The van der Waals surface area contributed by atoms with Crippen LogP contribution in [0.5, 0.6) is 5.75 Å². The number of ether oxygens (including phenoxy) is 2. The summed E-state index contributed by atoms with van der Waals surface area (Å²) < 4.78 is 12.4. The van der Waals surface area contributed by atoms with Gasteiger partial charge in [0.05, 0.1) is 28.5 Å². The fourth-order valence-electron chi connectivity index (χ4n) is 3.82. The summed E-state index contributed by atoms with van der Waals surface area (Å²) in [5, 5.41) is 0. The third-order valence-electron chi connectivity index (χ3n) is 5.31. The molecule has 1 aliphatic heterocycles. The van der Waals surface area contributed by atoms with E-state index >= 15 is 0 Å². The van der Waals surface area contributed by atoms with Crippen molar-refractivity contribution < 1.29 is 19.1 Å². The molecule has 2 aromatic carbocycles. The fourth-order valence-corrected chi connectivity index (χ4v) is 4.81. The molecule has 0 bridgehead atoms. The average molecular weight is 489 g/mol. The van der Waals surface area contributed by atoms with E-state index in [1.807, 2.05) is 42.5 Å². The third-order valence-corrected chi connectivity index (χ3v) is 6.31. The van der Waals surface area contributed by atoms with E-state index in [-0.39, 0.29) is 12.2 Å². The number of aromatic nitrogens is 1. The molecule has 0 aliphatic carbocycles. The second-order valence-electron chi connectivity index (χ2n) is 7.76. The van der Waals surface area contributed by atoms with Gasteiger partial charge in [-0.2, -0.15) is 0 Å². The molecule has 1 aliphatic rings. The molecule has 0 spiro atoms. The molecule has 2 heterocycles. The molecule has 8 heteroatoms. The number of thiazole rings is 1. The normalized spacial score (nSPS) is 15.6. The van der Waals surface area contributed by atoms with Gasteiger partial charge < -0.3 is 9.47 Å². The fraction of sp³-hybridized carbons (Fsp3) is 0.185. The molecule has 178 valence electrons. The molecule has 3 aromatic rings. The highest BCUT2D eigenvalue weighted by Gasteiger charge is 2.33. The first-order chi connectivity index (χ1) is 16.9. The number of hydrogen-bond acceptors (Lipinski definition) is 7. The molecule has 1 atom stereocenters. The number of nitrogens with zero attached hydrogens (tertiary/aromatic N) is 2. The quantitative estimate of drug-likeness (QED) is 0.392. The topological polar surface area (TPSA) is 87.0 Å². The van der Waals surface area contributed by atoms with Crippen molar-refractivity contribution in [2.24, 2.45) is 4.99 Å². The van der Waals surface area contributed by atoms with E-state index in [0.29, 0.717) is 31.9 Å². The van der Waals surface area contributed by atoms with Gasteiger partial charge in [0.15, 0.2) is 4.80 Å². The van der Waals surface area contributed by atoms with Crippen LogP contribution < -0.4 is 19.6 Å². The summed E-state index contributed by atoms with van der Waals surface area (Å²) in [6, 6.07) is 15.8. The zero-order valence-electron chi connectivity index (χ0n) is 19.6. The van der Waals surface area contributed by atoms with Gasteiger partial charge in [0.1, 0.15) is 5.75 Å². The minimum absolute atomic E-state index is 0.197. The van der Waals surface area contributed by atoms with Gasteiger partial charge in [-0.05, 0) is 43.2 Å². The van der Waals surface area contributed by atoms with Gasteiger partial charge >= 0.3 is 11.9 Å². The van der Waals surface area contributed by atoms with Crippen LogP contribution in [0.25, 0.3) is 12.2 Å². The highest BCUT2D eigenvalue weighted by Crippen LogP contribution is 2.31. The molecule has 1 aromatic heterocycles. The predicted octanol–water partition coefficient (Wildman–Crippen LogP) is 3.39. The van der Waals surface area contributed by atoms with Crippen LogP contribution >= 0.6 is 11.3 Å². The zero-order valence-corrected chi connectivity index (χ0v) is 20.4. The maximum Gasteiger partial charge on any atom is 0.338 e. The number of hydrogen-bond donors (Lipinski definition) is 0. The molecular weight excluding hydrogens is 464 g/mol. The highest BCUT2D eigenvalue weighted by molar-refractivity contribution is 7.07. The predicted molar refractivity (Wildman–Crippen MR) is 135 cm³/mol. The van der Waals surface area contributed by atoms with Crippen LogP contribution in [0.4, 0.5) is 0 Å². The summed E-state index contributed by atoms with van der Waals surface area (Å²) in [6.07, 6.45) is 5.49. The number of esters is 2. The molecule has 0 radical (unpaired) electrons. The van der Waals surface area contributed by atoms with Crippen molar-refractivity contribution in [3.05, 3.63) is 103 Å². The van der Waals surface area contributed by atoms with E-state index in [4.69, 9.17) is 9.47 Å². The van der Waals surface area contributed by atoms with Crippen LogP contribution in [0.15, 0.2) is 81.7 Å². The largest absolute Gasteiger partial charge is 0.463 e. The number of carbonyl (C=O) groups excluding carboxylic acids is 2. The van der Waals surface area contributed by atoms with Crippen LogP contribution in [0, 0.1) is 0 Å². The van der Waals surface area contributed by atoms with Crippen LogP contribution in [0.1, 0.15) is 37.9 Å². The van der Waals surface area contributed by atoms with Gasteiger partial charge in [-0.25, -0.2) is 9.79 Å². The van der Waals surface area contributed by atoms with Crippen molar-refractivity contribution in [1.82, 2.24) is 4.57 Å². The molecule has 4 rings (SSSR count). The molecule has 0 unspecified atom stereocenters. The van der Waals surface area contributed by atoms with Crippen molar-refractivity contribution in [2.75, 3.05) is 6.61 Å². The average Bonchev–Trinajstić information content (AvgIpc) is 3.14. The summed E-state index contributed by atoms with van der Waals surface area (Å²) in [6.45, 7) is 4.98. The van der Waals surface area contributed by atoms with E-state index in [0.717, 1.165) is 5.56 Å². The number of rotatable bonds is 6. The van der Waals surface area contributed by atoms with E-state index in [1.54, 1.807) is 44.2 Å². The maximum atomic E-state index is 13.5. The lowest BCUT2D eigenvalue weighted by molar-refractivity contribution is -0.139. The second-order valence-corrected chi connectivity index (χ2v) is 8.77. The molecular formula is C27H24N2O5S. The second kappa shape index (κ2) is 10.5. The van der Waals surface area contributed by atoms with Crippen molar-refractivity contribution in [2.45, 2.75) is 26.8 Å². The van der Waals surface area contributed by atoms with Crippen LogP contribution in [0.2, 0.25) is 0 Å². The third kappa shape index (κ3) is 5.22. The molecule has 0 N–H and O–H groups in total. The Balaban J connectivity index is 1.83. The van der Waals surface area contributed by atoms with Gasteiger partial charge in [0, 0.05) is 6.92 Å². The van der Waals surface area contributed by atoms with Crippen molar-refractivity contribution in [3.63, 3.8) is 0 Å². The first-order valence-electron chi connectivity index (χ1n) is 11.1. The molecule has 0 saturated carbocycles. The Morgan fingerprint density at radius 1 is 1.11 bits per heavy atom. The highest BCUT2D eigenvalue weighted by atomic mass is 32.1. The van der Waals surface area contributed by atoms with Crippen molar-refractivity contribution in [3.8, 4) is 5.75 Å². The SMILES string of the molecule is CCOC(=O)C1=C(C)N=c2sc(=C/C=C/c3ccccc3)c(=O)n2[C@H]1c1ccc(OC(C)=O)cc1. The van der Waals surface area contributed by atoms with Gasteiger partial charge in [-0.15, -0.1) is 0 Å². The van der Waals surface area contributed by atoms with Crippen molar-refractivity contribution >= 4 is 35.4 Å². The maximum absolute atomic E-state index is 13.5. The Kier molecular flexibility index (Phi) is 7.22. The Bertz CT molecular complexity index is 1500. The van der Waals surface area contributed by atoms with Crippen LogP contribution in [-0.2, 0) is 14.3 Å². The zero-order chi connectivity index (χ0) is 24.9. The van der Waals surface area contributed by atoms with E-state index in [9.17, 15) is 14.4 Å². The smallest absolute Gasteiger partial charge is 0.338 e. The first kappa shape index (κ1) is 24.1. The lowest BCUT2D eigenvalue weighted by atomic mass is 9.96. The number of carbonyl (C=O) groups is 2. The van der Waals surface area contributed by atoms with Crippen LogP contribution in [0.3, 0.4) is 0 Å². The number of allylic oxidation sites excluding steroid dienone is 2. The van der Waals surface area contributed by atoms with Crippen LogP contribution in [-0.4, -0.2) is 23.1 Å². The van der Waals surface area contributed by atoms with Crippen molar-refractivity contribution in [1.29, 1.82) is 0 Å². The standard InChI is InChI=1S/C27H24N2O5S/c1-4-33-26(32)23-17(2)28-27-29(24(23)20-13-15-21(16-14-20)34-18(3)30)25(31)22(35-27)12-8-11-19-9-6-5-7-10-19/h5-16,24H,4H2,1-3H3/b11-8+,22-12?/t24-/m0/s1. The first-order valence-corrected chi connectivity index (χ1v) is 11.9. The minimum Gasteiger partial charge on any atom is -0.463 e. The number of fused-ring (bicyclic) bond motifs is 1. The summed E-state index contributed by atoms with van der Waals surface area (Å²) in [7, 11) is 0. The van der Waals surface area contributed by atoms with Gasteiger partial charge in [-0.3, -0.25) is 14.2 Å². The molecule has 0 saturated heterocycles. The summed E-state index contributed by atoms with van der Waals surface area (Å²) in [5.41, 5.74) is 2.22. The monoisotopic (exact) mass is 488 g/mol. The lowest BCUT2D eigenvalue weighted by Gasteiger charge is -2.24. The Hall–Kier alpha value is -4.04. The molecule has 7 nitrogen and oxygen atoms in total. The summed E-state index contributed by atoms with van der Waals surface area (Å²) in [4.78, 5) is 42.7. The minimum atomic E-state index is -0.725. The molecule has 0 amide bonds. The summed E-state index contributed by atoms with van der Waals surface area (Å²) >= 11 is 1.26. The Morgan fingerprint density at radius 3 is 2.49 bits per heavy atom. The molecule has 35 heavy (non-hydrogen) atoms. The molecule has 0 fully saturated rings. The van der Waals surface area contributed by atoms with E-state index < -0.39 is 18.0 Å². The van der Waals surface area contributed by atoms with Gasteiger partial charge in [0.25, 0.3) is 5.56 Å². The number of benzene rings is 2. The van der Waals surface area contributed by atoms with Gasteiger partial charge in [0.2, 0.25) is 0 Å². The van der Waals surface area contributed by atoms with E-state index in [2.05, 4.69) is 4.99 Å². The lowest BCUT2D eigenvalue weighted by Crippen LogP contribution is -2.39.